The van der Waals surface area contributed by atoms with E-state index in [4.69, 9.17) is 16.3 Å². The highest BCUT2D eigenvalue weighted by atomic mass is 35.5. The van der Waals surface area contributed by atoms with Gasteiger partial charge < -0.3 is 4.74 Å². The minimum atomic E-state index is 0.455. The van der Waals surface area contributed by atoms with Crippen molar-refractivity contribution < 1.29 is 4.74 Å². The molecule has 1 nitrogen and oxygen atoms in total. The van der Waals surface area contributed by atoms with Gasteiger partial charge in [-0.25, -0.2) is 0 Å². The minimum Gasteiger partial charge on any atom is -0.378 e. The fourth-order valence-corrected chi connectivity index (χ4v) is 2.22. The average Bonchev–Trinajstić information content (AvgIpc) is 2.15. The number of halogens is 1. The van der Waals surface area contributed by atoms with Crippen LogP contribution in [0.5, 0.6) is 0 Å². The zero-order valence-electron chi connectivity index (χ0n) is 7.89. The first kappa shape index (κ1) is 10.3. The molecular formula is C10H19ClO. The second-order valence-corrected chi connectivity index (χ2v) is 3.92. The lowest BCUT2D eigenvalue weighted by molar-refractivity contribution is -0.0173. The van der Waals surface area contributed by atoms with Gasteiger partial charge in [0.05, 0.1) is 6.10 Å². The number of rotatable bonds is 4. The van der Waals surface area contributed by atoms with E-state index in [-0.39, 0.29) is 0 Å². The third kappa shape index (κ3) is 2.95. The standard InChI is InChI=1S/C10H19ClO/c1-2-5-9(8-11)10-6-3-4-7-12-10/h9-10H,2-8H2,1H3. The van der Waals surface area contributed by atoms with Gasteiger partial charge in [-0.05, 0) is 31.6 Å². The highest BCUT2D eigenvalue weighted by molar-refractivity contribution is 6.18. The lowest BCUT2D eigenvalue weighted by Gasteiger charge is -2.29. The van der Waals surface area contributed by atoms with Crippen LogP contribution in [-0.4, -0.2) is 18.6 Å². The third-order valence-corrected chi connectivity index (χ3v) is 2.99. The van der Waals surface area contributed by atoms with E-state index in [9.17, 15) is 0 Å². The molecule has 2 atom stereocenters. The molecule has 0 N–H and O–H groups in total. The Morgan fingerprint density at radius 2 is 2.33 bits per heavy atom. The predicted octanol–water partition coefficient (Wildman–Crippen LogP) is 3.21. The Bertz CT molecular complexity index is 108. The number of ether oxygens (including phenoxy) is 1. The zero-order chi connectivity index (χ0) is 8.81. The van der Waals surface area contributed by atoms with Crippen molar-refractivity contribution in [1.29, 1.82) is 0 Å². The van der Waals surface area contributed by atoms with Gasteiger partial charge in [-0.3, -0.25) is 0 Å². The second kappa shape index (κ2) is 5.82. The van der Waals surface area contributed by atoms with E-state index in [0.29, 0.717) is 12.0 Å². The molecule has 0 radical (unpaired) electrons. The highest BCUT2D eigenvalue weighted by Crippen LogP contribution is 2.24. The van der Waals surface area contributed by atoms with E-state index >= 15 is 0 Å². The van der Waals surface area contributed by atoms with Gasteiger partial charge in [0.2, 0.25) is 0 Å². The van der Waals surface area contributed by atoms with Gasteiger partial charge in [0.15, 0.2) is 0 Å². The molecule has 1 fully saturated rings. The summed E-state index contributed by atoms with van der Waals surface area (Å²) in [5.74, 6) is 1.36. The first-order valence-corrected chi connectivity index (χ1v) is 5.59. The smallest absolute Gasteiger partial charge is 0.0614 e. The quantitative estimate of drug-likeness (QED) is 0.619. The van der Waals surface area contributed by atoms with Crippen LogP contribution in [0.4, 0.5) is 0 Å². The second-order valence-electron chi connectivity index (χ2n) is 3.61. The van der Waals surface area contributed by atoms with Crippen LogP contribution in [0.2, 0.25) is 0 Å². The number of hydrogen-bond donors (Lipinski definition) is 0. The van der Waals surface area contributed by atoms with Crippen LogP contribution < -0.4 is 0 Å². The van der Waals surface area contributed by atoms with Crippen molar-refractivity contribution >= 4 is 11.6 Å². The molecule has 2 heteroatoms. The van der Waals surface area contributed by atoms with Crippen molar-refractivity contribution in [2.24, 2.45) is 5.92 Å². The fraction of sp³-hybridized carbons (Fsp3) is 1.00. The first-order valence-electron chi connectivity index (χ1n) is 5.06. The van der Waals surface area contributed by atoms with E-state index in [1.165, 1.54) is 32.1 Å². The molecule has 2 unspecified atom stereocenters. The normalized spacial score (nSPS) is 27.0. The van der Waals surface area contributed by atoms with Crippen LogP contribution in [0.15, 0.2) is 0 Å². The molecule has 0 spiro atoms. The largest absolute Gasteiger partial charge is 0.378 e. The molecule has 72 valence electrons. The maximum atomic E-state index is 5.90. The Balaban J connectivity index is 2.29. The lowest BCUT2D eigenvalue weighted by Crippen LogP contribution is -2.28. The lowest BCUT2D eigenvalue weighted by atomic mass is 9.93. The summed E-state index contributed by atoms with van der Waals surface area (Å²) in [4.78, 5) is 0. The summed E-state index contributed by atoms with van der Waals surface area (Å²) in [6.07, 6.45) is 6.67. The van der Waals surface area contributed by atoms with Gasteiger partial charge >= 0.3 is 0 Å². The molecule has 1 aliphatic heterocycles. The van der Waals surface area contributed by atoms with Crippen LogP contribution in [-0.2, 0) is 4.74 Å². The van der Waals surface area contributed by atoms with Crippen LogP contribution in [0.25, 0.3) is 0 Å². The van der Waals surface area contributed by atoms with Gasteiger partial charge in [-0.2, -0.15) is 0 Å². The molecule has 0 amide bonds. The Kier molecular flexibility index (Phi) is 5.01. The summed E-state index contributed by atoms with van der Waals surface area (Å²) in [6, 6.07) is 0. The van der Waals surface area contributed by atoms with E-state index in [0.717, 1.165) is 12.5 Å². The molecular weight excluding hydrogens is 172 g/mol. The molecule has 1 rings (SSSR count). The summed E-state index contributed by atoms with van der Waals surface area (Å²) >= 11 is 5.90. The van der Waals surface area contributed by atoms with Crippen LogP contribution >= 0.6 is 11.6 Å². The average molecular weight is 191 g/mol. The maximum Gasteiger partial charge on any atom is 0.0614 e. The number of alkyl halides is 1. The molecule has 0 aromatic carbocycles. The van der Waals surface area contributed by atoms with Crippen LogP contribution in [0.1, 0.15) is 39.0 Å². The molecule has 0 aromatic rings. The van der Waals surface area contributed by atoms with Crippen LogP contribution in [0, 0.1) is 5.92 Å². The van der Waals surface area contributed by atoms with E-state index in [1.54, 1.807) is 0 Å². The molecule has 1 aliphatic rings. The highest BCUT2D eigenvalue weighted by Gasteiger charge is 2.22. The van der Waals surface area contributed by atoms with Crippen molar-refractivity contribution in [3.05, 3.63) is 0 Å². The van der Waals surface area contributed by atoms with Crippen molar-refractivity contribution in [1.82, 2.24) is 0 Å². The van der Waals surface area contributed by atoms with Gasteiger partial charge in [-0.1, -0.05) is 13.3 Å². The predicted molar refractivity (Wildman–Crippen MR) is 52.7 cm³/mol. The Morgan fingerprint density at radius 3 is 2.83 bits per heavy atom. The summed E-state index contributed by atoms with van der Waals surface area (Å²) in [5.41, 5.74) is 0. The van der Waals surface area contributed by atoms with Crippen molar-refractivity contribution in [3.8, 4) is 0 Å². The first-order chi connectivity index (χ1) is 5.88. The molecule has 0 saturated carbocycles. The van der Waals surface area contributed by atoms with E-state index in [1.807, 2.05) is 0 Å². The van der Waals surface area contributed by atoms with E-state index in [2.05, 4.69) is 6.92 Å². The van der Waals surface area contributed by atoms with Crippen molar-refractivity contribution in [2.45, 2.75) is 45.1 Å². The summed E-state index contributed by atoms with van der Waals surface area (Å²) in [5, 5.41) is 0. The van der Waals surface area contributed by atoms with Gasteiger partial charge in [0.25, 0.3) is 0 Å². The molecule has 0 bridgehead atoms. The van der Waals surface area contributed by atoms with Crippen molar-refractivity contribution in [3.63, 3.8) is 0 Å². The fourth-order valence-electron chi connectivity index (χ4n) is 1.87. The Morgan fingerprint density at radius 1 is 1.50 bits per heavy atom. The molecule has 1 saturated heterocycles. The summed E-state index contributed by atoms with van der Waals surface area (Å²) in [6.45, 7) is 3.16. The zero-order valence-corrected chi connectivity index (χ0v) is 8.65. The monoisotopic (exact) mass is 190 g/mol. The van der Waals surface area contributed by atoms with Crippen LogP contribution in [0.3, 0.4) is 0 Å². The maximum absolute atomic E-state index is 5.90. The molecule has 1 heterocycles. The SMILES string of the molecule is CCCC(CCl)C1CCCCO1. The van der Waals surface area contributed by atoms with Crippen molar-refractivity contribution in [2.75, 3.05) is 12.5 Å². The van der Waals surface area contributed by atoms with Gasteiger partial charge in [-0.15, -0.1) is 11.6 Å². The van der Waals surface area contributed by atoms with Gasteiger partial charge in [0, 0.05) is 12.5 Å². The van der Waals surface area contributed by atoms with E-state index < -0.39 is 0 Å². The molecule has 0 aliphatic carbocycles. The summed E-state index contributed by atoms with van der Waals surface area (Å²) < 4.78 is 5.70. The Labute approximate surface area is 80.4 Å². The molecule has 0 aromatic heterocycles. The third-order valence-electron chi connectivity index (χ3n) is 2.60. The Hall–Kier alpha value is 0.250. The number of hydrogen-bond acceptors (Lipinski definition) is 1. The minimum absolute atomic E-state index is 0.455. The summed E-state index contributed by atoms with van der Waals surface area (Å²) in [7, 11) is 0. The topological polar surface area (TPSA) is 9.23 Å². The molecule has 12 heavy (non-hydrogen) atoms. The van der Waals surface area contributed by atoms with Gasteiger partial charge in [0.1, 0.15) is 0 Å².